The molecule has 8 heteroatoms. The van der Waals surface area contributed by atoms with Crippen LogP contribution in [0.2, 0.25) is 5.02 Å². The Balaban J connectivity index is 2.54. The fraction of sp³-hybridized carbons (Fsp3) is 0. The van der Waals surface area contributed by atoms with E-state index in [4.69, 9.17) is 17.1 Å². The van der Waals surface area contributed by atoms with Gasteiger partial charge in [0.15, 0.2) is 5.69 Å². The van der Waals surface area contributed by atoms with Crippen molar-refractivity contribution in [2.24, 2.45) is 5.11 Å². The van der Waals surface area contributed by atoms with Crippen LogP contribution in [0.15, 0.2) is 35.6 Å². The number of halogens is 1. The van der Waals surface area contributed by atoms with Gasteiger partial charge in [-0.25, -0.2) is 4.98 Å². The van der Waals surface area contributed by atoms with Crippen LogP contribution in [0.3, 0.4) is 0 Å². The lowest BCUT2D eigenvalue weighted by molar-refractivity contribution is 0.102. The molecule has 0 spiro atoms. The molecule has 2 N–H and O–H groups in total. The number of phenols is 1. The van der Waals surface area contributed by atoms with Gasteiger partial charge in [-0.2, -0.15) is 0 Å². The van der Waals surface area contributed by atoms with Gasteiger partial charge < -0.3 is 10.2 Å². The van der Waals surface area contributed by atoms with Gasteiger partial charge in [-0.05, 0) is 29.8 Å². The van der Waals surface area contributed by atoms with Crippen molar-refractivity contribution in [2.45, 2.75) is 0 Å². The normalized spacial score (nSPS) is 9.85. The van der Waals surface area contributed by atoms with E-state index in [2.05, 4.69) is 15.0 Å². The van der Waals surface area contributed by atoms with E-state index in [9.17, 15) is 15.0 Å². The number of hydrogen-bond acceptors (Lipinski definition) is 5. The molecule has 0 saturated carbocycles. The molecule has 0 fully saturated rings. The maximum Gasteiger partial charge on any atom is 0.218 e. The summed E-state index contributed by atoms with van der Waals surface area (Å²) in [7, 11) is 0. The minimum atomic E-state index is -0.699. The topological polar surface area (TPSA) is 119 Å². The van der Waals surface area contributed by atoms with Crippen LogP contribution in [0.25, 0.3) is 10.4 Å². The number of carbonyl (C=O) groups excluding carboxylic acids is 1. The SMILES string of the molecule is [N-]=[N+]=Nc1cc(O)c(C(=O)c2ncccc2O)cc1Cl. The number of pyridine rings is 1. The van der Waals surface area contributed by atoms with E-state index in [1.165, 1.54) is 18.3 Å². The van der Waals surface area contributed by atoms with E-state index in [-0.39, 0.29) is 27.7 Å². The fourth-order valence-electron chi connectivity index (χ4n) is 1.56. The van der Waals surface area contributed by atoms with E-state index in [1.54, 1.807) is 0 Å². The van der Waals surface area contributed by atoms with Gasteiger partial charge in [-0.3, -0.25) is 4.79 Å². The van der Waals surface area contributed by atoms with Crippen LogP contribution in [0.1, 0.15) is 16.1 Å². The van der Waals surface area contributed by atoms with Crippen molar-refractivity contribution in [2.75, 3.05) is 0 Å². The third kappa shape index (κ3) is 2.49. The fourth-order valence-corrected chi connectivity index (χ4v) is 1.76. The van der Waals surface area contributed by atoms with Crippen molar-refractivity contribution in [3.05, 3.63) is 57.2 Å². The molecule has 100 valence electrons. The van der Waals surface area contributed by atoms with Crippen LogP contribution in [0.5, 0.6) is 11.5 Å². The summed E-state index contributed by atoms with van der Waals surface area (Å²) >= 11 is 5.84. The van der Waals surface area contributed by atoms with Crippen molar-refractivity contribution in [1.29, 1.82) is 0 Å². The van der Waals surface area contributed by atoms with Crippen LogP contribution in [0, 0.1) is 0 Å². The molecule has 0 bridgehead atoms. The second kappa shape index (κ2) is 5.48. The number of carbonyl (C=O) groups is 1. The Morgan fingerprint density at radius 1 is 1.35 bits per heavy atom. The van der Waals surface area contributed by atoms with Gasteiger partial charge in [0, 0.05) is 11.1 Å². The number of aromatic nitrogens is 1. The molecule has 1 aromatic heterocycles. The summed E-state index contributed by atoms with van der Waals surface area (Å²) in [4.78, 5) is 18.5. The van der Waals surface area contributed by atoms with Crippen molar-refractivity contribution in [1.82, 2.24) is 4.98 Å². The summed E-state index contributed by atoms with van der Waals surface area (Å²) in [6, 6.07) is 4.98. The predicted molar refractivity (Wildman–Crippen MR) is 71.3 cm³/mol. The Labute approximate surface area is 117 Å². The minimum Gasteiger partial charge on any atom is -0.507 e. The molecular weight excluding hydrogens is 284 g/mol. The van der Waals surface area contributed by atoms with E-state index in [0.29, 0.717) is 0 Å². The highest BCUT2D eigenvalue weighted by atomic mass is 35.5. The molecular formula is C12H7ClN4O3. The molecule has 0 unspecified atom stereocenters. The number of azide groups is 1. The Morgan fingerprint density at radius 2 is 2.10 bits per heavy atom. The molecule has 2 rings (SSSR count). The third-order valence-electron chi connectivity index (χ3n) is 2.46. The van der Waals surface area contributed by atoms with E-state index in [1.807, 2.05) is 0 Å². The summed E-state index contributed by atoms with van der Waals surface area (Å²) in [6.45, 7) is 0. The summed E-state index contributed by atoms with van der Waals surface area (Å²) < 4.78 is 0. The minimum absolute atomic E-state index is 0.000582. The van der Waals surface area contributed by atoms with Crippen molar-refractivity contribution < 1.29 is 15.0 Å². The summed E-state index contributed by atoms with van der Waals surface area (Å²) in [5, 5.41) is 22.6. The lowest BCUT2D eigenvalue weighted by Gasteiger charge is -2.07. The molecule has 1 aromatic carbocycles. The maximum atomic E-state index is 12.2. The maximum absolute atomic E-state index is 12.2. The Kier molecular flexibility index (Phi) is 3.74. The largest absolute Gasteiger partial charge is 0.507 e. The zero-order valence-electron chi connectivity index (χ0n) is 9.86. The highest BCUT2D eigenvalue weighted by molar-refractivity contribution is 6.33. The zero-order valence-corrected chi connectivity index (χ0v) is 10.6. The van der Waals surface area contributed by atoms with Gasteiger partial charge in [0.05, 0.1) is 16.3 Å². The summed E-state index contributed by atoms with van der Waals surface area (Å²) in [5.74, 6) is -1.44. The Bertz CT molecular complexity index is 741. The molecule has 2 aromatic rings. The van der Waals surface area contributed by atoms with E-state index >= 15 is 0 Å². The summed E-state index contributed by atoms with van der Waals surface area (Å²) in [6.07, 6.45) is 1.33. The first-order valence-electron chi connectivity index (χ1n) is 5.31. The Morgan fingerprint density at radius 3 is 2.75 bits per heavy atom. The first-order chi connectivity index (χ1) is 9.54. The van der Waals surface area contributed by atoms with Gasteiger partial charge in [-0.1, -0.05) is 16.7 Å². The molecule has 0 amide bonds. The molecule has 0 radical (unpaired) electrons. The number of ketones is 1. The average Bonchev–Trinajstić information content (AvgIpc) is 2.42. The molecule has 0 atom stereocenters. The number of benzene rings is 1. The van der Waals surface area contributed by atoms with Gasteiger partial charge in [0.2, 0.25) is 5.78 Å². The van der Waals surface area contributed by atoms with Crippen LogP contribution in [-0.2, 0) is 0 Å². The Hall–Kier alpha value is -2.76. The van der Waals surface area contributed by atoms with E-state index in [0.717, 1.165) is 12.1 Å². The highest BCUT2D eigenvalue weighted by Gasteiger charge is 2.19. The van der Waals surface area contributed by atoms with Crippen molar-refractivity contribution in [3.63, 3.8) is 0 Å². The monoisotopic (exact) mass is 290 g/mol. The zero-order chi connectivity index (χ0) is 14.7. The van der Waals surface area contributed by atoms with E-state index < -0.39 is 11.5 Å². The van der Waals surface area contributed by atoms with Crippen LogP contribution in [-0.4, -0.2) is 21.0 Å². The lowest BCUT2D eigenvalue weighted by Crippen LogP contribution is -2.04. The molecule has 7 nitrogen and oxygen atoms in total. The number of rotatable bonds is 3. The quantitative estimate of drug-likeness (QED) is 0.390. The highest BCUT2D eigenvalue weighted by Crippen LogP contribution is 2.34. The number of hydrogen-bond donors (Lipinski definition) is 2. The number of aromatic hydroxyl groups is 2. The van der Waals surface area contributed by atoms with Crippen LogP contribution >= 0.6 is 11.6 Å². The first-order valence-corrected chi connectivity index (χ1v) is 5.68. The molecule has 1 heterocycles. The third-order valence-corrected chi connectivity index (χ3v) is 2.77. The first kappa shape index (κ1) is 13.7. The summed E-state index contributed by atoms with van der Waals surface area (Å²) in [5.41, 5.74) is 7.97. The van der Waals surface area contributed by atoms with Gasteiger partial charge >= 0.3 is 0 Å². The van der Waals surface area contributed by atoms with Gasteiger partial charge in [0.1, 0.15) is 11.5 Å². The van der Waals surface area contributed by atoms with Crippen molar-refractivity contribution >= 4 is 23.1 Å². The van der Waals surface area contributed by atoms with Crippen LogP contribution < -0.4 is 0 Å². The smallest absolute Gasteiger partial charge is 0.218 e. The van der Waals surface area contributed by atoms with Crippen LogP contribution in [0.4, 0.5) is 5.69 Å². The molecule has 0 aliphatic carbocycles. The predicted octanol–water partition coefficient (Wildman–Crippen LogP) is 3.32. The molecule has 0 aliphatic heterocycles. The van der Waals surface area contributed by atoms with Gasteiger partial charge in [0.25, 0.3) is 0 Å². The average molecular weight is 291 g/mol. The van der Waals surface area contributed by atoms with Gasteiger partial charge in [-0.15, -0.1) is 0 Å². The van der Waals surface area contributed by atoms with Crippen molar-refractivity contribution in [3.8, 4) is 11.5 Å². The second-order valence-corrected chi connectivity index (χ2v) is 4.12. The number of nitrogens with zero attached hydrogens (tertiary/aromatic N) is 4. The molecule has 0 saturated heterocycles. The molecule has 20 heavy (non-hydrogen) atoms. The lowest BCUT2D eigenvalue weighted by atomic mass is 10.1. The second-order valence-electron chi connectivity index (χ2n) is 3.71. The molecule has 0 aliphatic rings. The number of phenolic OH excluding ortho intramolecular Hbond substituents is 1. The standard InChI is InChI=1S/C12H7ClN4O3/c13-7-4-6(10(19)5-8(7)16-17-14)12(20)11-9(18)2-1-3-15-11/h1-5,18-19H.